The molecule has 73 heavy (non-hydrogen) atoms. The van der Waals surface area contributed by atoms with Gasteiger partial charge in [-0.25, -0.2) is 9.97 Å². The van der Waals surface area contributed by atoms with Crippen molar-refractivity contribution in [2.75, 3.05) is 11.4 Å². The lowest BCUT2D eigenvalue weighted by Gasteiger charge is -2.42. The molecule has 1 aliphatic carbocycles. The number of hydrogen-bond acceptors (Lipinski definition) is 3. The molecule has 354 valence electrons. The largest absolute Gasteiger partial charge is 0.368 e. The Bertz CT molecular complexity index is 3900. The van der Waals surface area contributed by atoms with Crippen LogP contribution in [0.3, 0.4) is 0 Å². The van der Waals surface area contributed by atoms with Crippen LogP contribution in [0.15, 0.2) is 256 Å². The molecule has 0 amide bonds. The Morgan fingerprint density at radius 2 is 0.945 bits per heavy atom. The van der Waals surface area contributed by atoms with Crippen molar-refractivity contribution in [2.24, 2.45) is 11.8 Å². The molecule has 2 fully saturated rings. The number of rotatable bonds is 10. The number of anilines is 1. The first-order valence-corrected chi connectivity index (χ1v) is 27.6. The van der Waals surface area contributed by atoms with E-state index in [9.17, 15) is 0 Å². The van der Waals surface area contributed by atoms with Crippen LogP contribution in [0.25, 0.3) is 77.8 Å². The first kappa shape index (κ1) is 43.6. The third-order valence-electron chi connectivity index (χ3n) is 16.0. The molecule has 3 atom stereocenters. The third kappa shape index (κ3) is 7.22. The minimum atomic E-state index is -1.99. The van der Waals surface area contributed by atoms with Gasteiger partial charge >= 0.3 is 0 Å². The second kappa shape index (κ2) is 17.8. The van der Waals surface area contributed by atoms with Crippen molar-refractivity contribution in [3.63, 3.8) is 0 Å². The summed E-state index contributed by atoms with van der Waals surface area (Å²) in [5.74, 6) is 3.89. The summed E-state index contributed by atoms with van der Waals surface area (Å²) in [5.41, 5.74) is 9.13. The van der Waals surface area contributed by atoms with Crippen LogP contribution in [0.5, 0.6) is 0 Å². The lowest BCUT2D eigenvalue weighted by molar-refractivity contribution is 0.295. The van der Waals surface area contributed by atoms with Crippen LogP contribution in [0.2, 0.25) is 0 Å². The van der Waals surface area contributed by atoms with Crippen LogP contribution in [0, 0.1) is 11.8 Å². The van der Waals surface area contributed by atoms with Gasteiger partial charge in [0, 0.05) is 71.0 Å². The predicted molar refractivity (Wildman–Crippen MR) is 304 cm³/mol. The fraction of sp³-hybridized carbons (Fsp3) is 0.134. The van der Waals surface area contributed by atoms with E-state index in [1.54, 1.807) is 0 Å². The van der Waals surface area contributed by atoms with E-state index in [4.69, 9.17) is 9.97 Å². The summed E-state index contributed by atoms with van der Waals surface area (Å²) >= 11 is 0. The Kier molecular flexibility index (Phi) is 10.6. The molecule has 4 heterocycles. The highest BCUT2D eigenvalue weighted by Crippen LogP contribution is 2.73. The number of benzene rings is 9. The van der Waals surface area contributed by atoms with Crippen LogP contribution in [-0.4, -0.2) is 31.7 Å². The molecular weight excluding hydrogens is 907 g/mol. The van der Waals surface area contributed by atoms with Crippen molar-refractivity contribution < 1.29 is 0 Å². The van der Waals surface area contributed by atoms with E-state index in [-0.39, 0.29) is 0 Å². The quantitative estimate of drug-likeness (QED) is 0.137. The van der Waals surface area contributed by atoms with Gasteiger partial charge in [-0.2, -0.15) is 0 Å². The summed E-state index contributed by atoms with van der Waals surface area (Å²) in [5, 5.41) is 4.81. The van der Waals surface area contributed by atoms with Gasteiger partial charge < -0.3 is 4.90 Å². The molecule has 2 aliphatic rings. The van der Waals surface area contributed by atoms with E-state index in [0.717, 1.165) is 57.6 Å². The highest BCUT2D eigenvalue weighted by Gasteiger charge is 2.39. The van der Waals surface area contributed by atoms with E-state index in [1.165, 1.54) is 83.6 Å². The maximum absolute atomic E-state index is 5.75. The zero-order valence-corrected chi connectivity index (χ0v) is 41.7. The fourth-order valence-electron chi connectivity index (χ4n) is 12.7. The molecule has 9 aromatic carbocycles. The molecular formula is C67H55N5S. The molecule has 6 heteroatoms. The van der Waals surface area contributed by atoms with Crippen LogP contribution in [-0.2, 0) is 0 Å². The second-order valence-electron chi connectivity index (χ2n) is 20.1. The molecule has 1 saturated carbocycles. The maximum Gasteiger partial charge on any atom is 0.163 e. The van der Waals surface area contributed by atoms with Gasteiger partial charge in [0.1, 0.15) is 11.6 Å². The highest BCUT2D eigenvalue weighted by molar-refractivity contribution is 8.34. The minimum Gasteiger partial charge on any atom is -0.368 e. The summed E-state index contributed by atoms with van der Waals surface area (Å²) in [7, 11) is -1.99. The second-order valence-corrected chi connectivity index (χ2v) is 23.3. The van der Waals surface area contributed by atoms with Crippen molar-refractivity contribution in [3.8, 4) is 34.2 Å². The van der Waals surface area contributed by atoms with Gasteiger partial charge in [0.05, 0.1) is 22.1 Å². The van der Waals surface area contributed by atoms with E-state index < -0.39 is 10.0 Å². The van der Waals surface area contributed by atoms with Crippen molar-refractivity contribution in [3.05, 3.63) is 237 Å². The van der Waals surface area contributed by atoms with Crippen LogP contribution >= 0.6 is 10.0 Å². The predicted octanol–water partition coefficient (Wildman–Crippen LogP) is 17.4. The van der Waals surface area contributed by atoms with Gasteiger partial charge in [0.25, 0.3) is 0 Å². The van der Waals surface area contributed by atoms with Gasteiger partial charge in [-0.3, -0.25) is 9.13 Å². The highest BCUT2D eigenvalue weighted by atomic mass is 32.3. The van der Waals surface area contributed by atoms with E-state index in [0.29, 0.717) is 11.9 Å². The first-order chi connectivity index (χ1) is 36.1. The molecule has 0 radical (unpaired) electrons. The summed E-state index contributed by atoms with van der Waals surface area (Å²) in [6.07, 6.45) is 5.19. The zero-order valence-electron chi connectivity index (χ0n) is 40.9. The number of fused-ring (bicyclic) bond motifs is 8. The monoisotopic (exact) mass is 961 g/mol. The molecule has 0 N–H and O–H groups in total. The van der Waals surface area contributed by atoms with Crippen LogP contribution < -0.4 is 4.90 Å². The first-order valence-electron chi connectivity index (χ1n) is 26.0. The van der Waals surface area contributed by atoms with E-state index >= 15 is 0 Å². The fourth-order valence-corrected chi connectivity index (χ4v) is 16.6. The average Bonchev–Trinajstić information content (AvgIpc) is 4.09. The zero-order chi connectivity index (χ0) is 48.5. The van der Waals surface area contributed by atoms with E-state index in [1.807, 2.05) is 0 Å². The topological polar surface area (TPSA) is 38.9 Å². The van der Waals surface area contributed by atoms with Crippen LogP contribution in [0.4, 0.5) is 5.69 Å². The number of hydrogen-bond donors (Lipinski definition) is 0. The van der Waals surface area contributed by atoms with Crippen LogP contribution in [0.1, 0.15) is 32.6 Å². The Balaban J connectivity index is 1.03. The summed E-state index contributed by atoms with van der Waals surface area (Å²) in [4.78, 5) is 19.2. The normalized spacial score (nSPS) is 17.0. The summed E-state index contributed by atoms with van der Waals surface area (Å²) in [6.45, 7) is 3.50. The van der Waals surface area contributed by atoms with Gasteiger partial charge in [0.15, 0.2) is 5.82 Å². The van der Waals surface area contributed by atoms with Crippen molar-refractivity contribution in [1.82, 2.24) is 19.1 Å². The minimum absolute atomic E-state index is 0.582. The smallest absolute Gasteiger partial charge is 0.163 e. The standard InChI is InChI=1S/C67H55N5S/c1-2-46-38-47-40-52(39-46)70(45-47)51-35-36-59-57-30-15-17-32-61(57)72(64(59)43-51)66-44-65(71-62-33-18-16-31-58(62)60-42-49(34-37-63(60)71)48-20-7-3-8-21-48)68-67(69-66)50-22-19-29-56(41-50)73(53-23-9-4-10-24-53,54-25-11-5-12-26-54)55-27-13-6-14-28-55/h3-37,41-44,46-47,52H,2,38-40,45H2,1H3. The molecule has 14 rings (SSSR count). The van der Waals surface area contributed by atoms with Gasteiger partial charge in [0.2, 0.25) is 0 Å². The molecule has 1 aliphatic heterocycles. The Morgan fingerprint density at radius 3 is 1.59 bits per heavy atom. The number of aromatic nitrogens is 4. The third-order valence-corrected chi connectivity index (χ3v) is 19.9. The van der Waals surface area contributed by atoms with Gasteiger partial charge in [-0.1, -0.05) is 159 Å². The molecule has 3 unspecified atom stereocenters. The number of nitrogens with zero attached hydrogens (tertiary/aromatic N) is 5. The molecule has 3 aromatic heterocycles. The summed E-state index contributed by atoms with van der Waals surface area (Å²) in [6, 6.07) is 87.6. The number of para-hydroxylation sites is 2. The van der Waals surface area contributed by atoms with Crippen molar-refractivity contribution >= 4 is 59.3 Å². The molecule has 1 saturated heterocycles. The van der Waals surface area contributed by atoms with Crippen molar-refractivity contribution in [1.29, 1.82) is 0 Å². The lowest BCUT2D eigenvalue weighted by atomic mass is 9.81. The summed E-state index contributed by atoms with van der Waals surface area (Å²) < 4.78 is 4.78. The Hall–Kier alpha value is -8.19. The Labute approximate surface area is 428 Å². The Morgan fingerprint density at radius 1 is 0.411 bits per heavy atom. The van der Waals surface area contributed by atoms with Gasteiger partial charge in [-0.15, -0.1) is 10.0 Å². The molecule has 0 spiro atoms. The maximum atomic E-state index is 5.75. The lowest BCUT2D eigenvalue weighted by Crippen LogP contribution is -2.30. The molecule has 5 nitrogen and oxygen atoms in total. The molecule has 2 bridgehead atoms. The van der Waals surface area contributed by atoms with E-state index in [2.05, 4.69) is 258 Å². The van der Waals surface area contributed by atoms with Gasteiger partial charge in [-0.05, 0) is 127 Å². The SMILES string of the molecule is CCC1CC2CC(C1)N(c1ccc3c4ccccc4n(-c4cc(-n5c6ccccc6c6cc(-c7ccccc7)ccc65)nc(-c5cccc(S(c6ccccc6)(c6ccccc6)c6ccccc6)c5)n4)c3c1)C2. The average molecular weight is 962 g/mol. The van der Waals surface area contributed by atoms with Crippen molar-refractivity contribution in [2.45, 2.75) is 58.2 Å². The molecule has 12 aromatic rings.